The Balaban J connectivity index is 1.41. The zero-order valence-electron chi connectivity index (χ0n) is 23.1. The van der Waals surface area contributed by atoms with E-state index in [2.05, 4.69) is 138 Å². The second kappa shape index (κ2) is 10.2. The monoisotopic (exact) mass is 484 g/mol. The molecule has 0 saturated carbocycles. The average Bonchev–Trinajstić information content (AvgIpc) is 3.11. The lowest BCUT2D eigenvalue weighted by molar-refractivity contribution is 0.226. The summed E-state index contributed by atoms with van der Waals surface area (Å²) in [6.07, 6.45) is 16.2. The summed E-state index contributed by atoms with van der Waals surface area (Å²) in [4.78, 5) is 0. The number of rotatable bonds is 6. The highest BCUT2D eigenvalue weighted by atomic mass is 14.5. The molecule has 0 fully saturated rings. The fraction of sp³-hybridized carbons (Fsp3) is 0.297. The lowest BCUT2D eigenvalue weighted by Crippen LogP contribution is -2.28. The largest absolute Gasteiger partial charge is 0.0912 e. The SMILES string of the molecule is C=C(/C=C\c1cc(C2C=CC3C(/C=C\C)=C(C)C(C)(C)C3C2)ccc1CC)c1ccc2ccccc2c1. The van der Waals surface area contributed by atoms with E-state index in [-0.39, 0.29) is 5.41 Å². The lowest BCUT2D eigenvalue weighted by atomic mass is 9.67. The molecule has 2 aliphatic carbocycles. The third-order valence-electron chi connectivity index (χ3n) is 9.09. The number of hydrogen-bond acceptors (Lipinski definition) is 0. The molecule has 0 amide bonds. The van der Waals surface area contributed by atoms with E-state index in [1.807, 2.05) is 0 Å². The topological polar surface area (TPSA) is 0 Å². The Bertz CT molecular complexity index is 1450. The summed E-state index contributed by atoms with van der Waals surface area (Å²) in [5.74, 6) is 1.65. The molecule has 0 bridgehead atoms. The summed E-state index contributed by atoms with van der Waals surface area (Å²) >= 11 is 0. The van der Waals surface area contributed by atoms with Crippen LogP contribution in [0.1, 0.15) is 69.2 Å². The molecule has 3 aromatic carbocycles. The Morgan fingerprint density at radius 3 is 2.51 bits per heavy atom. The molecule has 3 aromatic rings. The molecule has 3 unspecified atom stereocenters. The Morgan fingerprint density at radius 1 is 0.973 bits per heavy atom. The standard InChI is InChI=1S/C37H40/c1-7-11-34-26(4)37(5,6)36-24-33(20-21-35(34)36)32-19-16-27(8-2)31(23-32)15-14-25(3)29-18-17-28-12-9-10-13-30(28)22-29/h7,9-23,33,35-36H,3,8,24H2,1-2,4-6H3/b11-7-,15-14-. The summed E-state index contributed by atoms with van der Waals surface area (Å²) in [7, 11) is 0. The third kappa shape index (κ3) is 4.71. The molecule has 0 heteroatoms. The molecule has 0 radical (unpaired) electrons. The van der Waals surface area contributed by atoms with Gasteiger partial charge in [0.1, 0.15) is 0 Å². The minimum atomic E-state index is 0.228. The van der Waals surface area contributed by atoms with Gasteiger partial charge in [-0.25, -0.2) is 0 Å². The van der Waals surface area contributed by atoms with Crippen LogP contribution in [0.25, 0.3) is 22.4 Å². The van der Waals surface area contributed by atoms with E-state index in [0.29, 0.717) is 17.8 Å². The molecule has 0 heterocycles. The van der Waals surface area contributed by atoms with Gasteiger partial charge in [0.2, 0.25) is 0 Å². The maximum Gasteiger partial charge on any atom is 0.00545 e. The summed E-state index contributed by atoms with van der Waals surface area (Å²) in [6, 6.07) is 22.2. The summed E-state index contributed by atoms with van der Waals surface area (Å²) in [5.41, 5.74) is 9.66. The predicted molar refractivity (Wildman–Crippen MR) is 163 cm³/mol. The van der Waals surface area contributed by atoms with Gasteiger partial charge in [-0.2, -0.15) is 0 Å². The van der Waals surface area contributed by atoms with Crippen molar-refractivity contribution in [3.05, 3.63) is 131 Å². The Hall–Kier alpha value is -3.38. The van der Waals surface area contributed by atoms with Crippen LogP contribution in [0.5, 0.6) is 0 Å². The molecule has 0 nitrogen and oxygen atoms in total. The summed E-state index contributed by atoms with van der Waals surface area (Å²) in [6.45, 7) is 16.0. The van der Waals surface area contributed by atoms with Gasteiger partial charge in [0.15, 0.2) is 0 Å². The normalized spacial score (nSPS) is 22.9. The van der Waals surface area contributed by atoms with E-state index in [4.69, 9.17) is 0 Å². The van der Waals surface area contributed by atoms with Gasteiger partial charge in [-0.3, -0.25) is 0 Å². The lowest BCUT2D eigenvalue weighted by Gasteiger charge is -2.37. The van der Waals surface area contributed by atoms with Crippen LogP contribution in [-0.2, 0) is 6.42 Å². The van der Waals surface area contributed by atoms with Crippen molar-refractivity contribution in [1.82, 2.24) is 0 Å². The van der Waals surface area contributed by atoms with Gasteiger partial charge < -0.3 is 0 Å². The molecule has 0 N–H and O–H groups in total. The van der Waals surface area contributed by atoms with E-state index in [9.17, 15) is 0 Å². The first-order valence-corrected chi connectivity index (χ1v) is 13.8. The number of allylic oxidation sites excluding steroid dienone is 8. The fourth-order valence-electron chi connectivity index (χ4n) is 6.51. The van der Waals surface area contributed by atoms with Gasteiger partial charge in [0.25, 0.3) is 0 Å². The fourth-order valence-corrected chi connectivity index (χ4v) is 6.51. The van der Waals surface area contributed by atoms with Crippen molar-refractivity contribution in [1.29, 1.82) is 0 Å². The molecule has 5 rings (SSSR count). The maximum atomic E-state index is 4.39. The molecule has 0 aliphatic heterocycles. The van der Waals surface area contributed by atoms with Crippen LogP contribution < -0.4 is 0 Å². The molecular formula is C37H40. The van der Waals surface area contributed by atoms with Crippen LogP contribution in [0, 0.1) is 17.3 Å². The maximum absolute atomic E-state index is 4.39. The van der Waals surface area contributed by atoms with Crippen molar-refractivity contribution < 1.29 is 0 Å². The second-order valence-electron chi connectivity index (χ2n) is 11.4. The second-order valence-corrected chi connectivity index (χ2v) is 11.4. The molecule has 0 spiro atoms. The van der Waals surface area contributed by atoms with E-state index < -0.39 is 0 Å². The number of benzene rings is 3. The average molecular weight is 485 g/mol. The van der Waals surface area contributed by atoms with Crippen LogP contribution in [0.2, 0.25) is 0 Å². The van der Waals surface area contributed by atoms with Gasteiger partial charge in [-0.15, -0.1) is 0 Å². The molecule has 0 saturated heterocycles. The molecule has 2 aliphatic rings. The van der Waals surface area contributed by atoms with Crippen molar-refractivity contribution >= 4 is 22.4 Å². The van der Waals surface area contributed by atoms with E-state index in [1.54, 1.807) is 5.57 Å². The van der Waals surface area contributed by atoms with Gasteiger partial charge in [-0.1, -0.05) is 124 Å². The molecule has 3 atom stereocenters. The van der Waals surface area contributed by atoms with Gasteiger partial charge in [0.05, 0.1) is 0 Å². The first-order chi connectivity index (χ1) is 17.8. The number of hydrogen-bond donors (Lipinski definition) is 0. The van der Waals surface area contributed by atoms with Crippen LogP contribution in [0.3, 0.4) is 0 Å². The third-order valence-corrected chi connectivity index (χ3v) is 9.09. The summed E-state index contributed by atoms with van der Waals surface area (Å²) < 4.78 is 0. The first kappa shape index (κ1) is 25.3. The van der Waals surface area contributed by atoms with Crippen molar-refractivity contribution in [3.63, 3.8) is 0 Å². The quantitative estimate of drug-likeness (QED) is 0.241. The first-order valence-electron chi connectivity index (χ1n) is 13.8. The van der Waals surface area contributed by atoms with Crippen LogP contribution in [-0.4, -0.2) is 0 Å². The van der Waals surface area contributed by atoms with Crippen LogP contribution in [0.4, 0.5) is 0 Å². The Kier molecular flexibility index (Phi) is 6.95. The number of fused-ring (bicyclic) bond motifs is 2. The van der Waals surface area contributed by atoms with Crippen molar-refractivity contribution in [2.75, 3.05) is 0 Å². The molecule has 37 heavy (non-hydrogen) atoms. The smallest absolute Gasteiger partial charge is 0.00545 e. The highest BCUT2D eigenvalue weighted by Gasteiger charge is 2.46. The van der Waals surface area contributed by atoms with Crippen molar-refractivity contribution in [3.8, 4) is 0 Å². The number of aryl methyl sites for hydroxylation is 1. The highest BCUT2D eigenvalue weighted by Crippen LogP contribution is 2.56. The highest BCUT2D eigenvalue weighted by molar-refractivity contribution is 5.88. The Labute approximate surface area is 223 Å². The van der Waals surface area contributed by atoms with E-state index >= 15 is 0 Å². The Morgan fingerprint density at radius 2 is 1.76 bits per heavy atom. The van der Waals surface area contributed by atoms with E-state index in [1.165, 1.54) is 45.0 Å². The molecule has 0 aromatic heterocycles. The van der Waals surface area contributed by atoms with Crippen molar-refractivity contribution in [2.45, 2.75) is 53.4 Å². The molecular weight excluding hydrogens is 444 g/mol. The van der Waals surface area contributed by atoms with Crippen LogP contribution >= 0.6 is 0 Å². The zero-order valence-corrected chi connectivity index (χ0v) is 23.1. The summed E-state index contributed by atoms with van der Waals surface area (Å²) in [5, 5.41) is 2.52. The minimum Gasteiger partial charge on any atom is -0.0912 e. The van der Waals surface area contributed by atoms with Gasteiger partial charge in [-0.05, 0) is 88.3 Å². The van der Waals surface area contributed by atoms with Crippen molar-refractivity contribution in [2.24, 2.45) is 17.3 Å². The van der Waals surface area contributed by atoms with Gasteiger partial charge in [0, 0.05) is 11.8 Å². The van der Waals surface area contributed by atoms with Gasteiger partial charge >= 0.3 is 0 Å². The predicted octanol–water partition coefficient (Wildman–Crippen LogP) is 10.3. The van der Waals surface area contributed by atoms with Crippen LogP contribution in [0.15, 0.2) is 109 Å². The van der Waals surface area contributed by atoms with E-state index in [0.717, 1.165) is 12.0 Å². The minimum absolute atomic E-state index is 0.228. The molecule has 188 valence electrons. The zero-order chi connectivity index (χ0) is 26.2.